The van der Waals surface area contributed by atoms with Crippen molar-refractivity contribution < 1.29 is 5.11 Å². The molecule has 1 aromatic rings. The Bertz CT molecular complexity index is 329. The summed E-state index contributed by atoms with van der Waals surface area (Å²) < 4.78 is 1.62. The third-order valence-electron chi connectivity index (χ3n) is 1.86. The molecule has 0 radical (unpaired) electrons. The molecule has 0 bridgehead atoms. The van der Waals surface area contributed by atoms with Crippen LogP contribution in [0.4, 0.5) is 0 Å². The standard InChI is InChI=1S/C10H11Br2NO/c1-2-3-8(13)10-7(12)4-6(11)5-9(10)14/h2,4-5,8,14H,1,3,13H2/t8-/m1/s1. The predicted molar refractivity (Wildman–Crippen MR) is 65.2 cm³/mol. The molecule has 0 unspecified atom stereocenters. The van der Waals surface area contributed by atoms with Gasteiger partial charge >= 0.3 is 0 Å². The molecule has 0 fully saturated rings. The second-order valence-corrected chi connectivity index (χ2v) is 4.72. The van der Waals surface area contributed by atoms with Gasteiger partial charge in [0.05, 0.1) is 0 Å². The summed E-state index contributed by atoms with van der Waals surface area (Å²) in [6.45, 7) is 3.62. The Morgan fingerprint density at radius 3 is 2.64 bits per heavy atom. The Morgan fingerprint density at radius 2 is 2.14 bits per heavy atom. The van der Waals surface area contributed by atoms with Gasteiger partial charge in [-0.2, -0.15) is 0 Å². The fourth-order valence-electron chi connectivity index (χ4n) is 1.24. The van der Waals surface area contributed by atoms with Gasteiger partial charge in [-0.25, -0.2) is 0 Å². The van der Waals surface area contributed by atoms with Crippen molar-refractivity contribution in [1.82, 2.24) is 0 Å². The van der Waals surface area contributed by atoms with Gasteiger partial charge in [0.15, 0.2) is 0 Å². The Balaban J connectivity index is 3.13. The summed E-state index contributed by atoms with van der Waals surface area (Å²) >= 11 is 6.65. The molecule has 1 atom stereocenters. The minimum absolute atomic E-state index is 0.195. The van der Waals surface area contributed by atoms with E-state index in [0.29, 0.717) is 12.0 Å². The molecule has 0 spiro atoms. The highest BCUT2D eigenvalue weighted by atomic mass is 79.9. The third kappa shape index (κ3) is 2.59. The molecular weight excluding hydrogens is 310 g/mol. The molecule has 0 aliphatic rings. The van der Waals surface area contributed by atoms with Gasteiger partial charge in [-0.3, -0.25) is 0 Å². The van der Waals surface area contributed by atoms with Crippen molar-refractivity contribution in [2.45, 2.75) is 12.5 Å². The molecule has 0 saturated heterocycles. The van der Waals surface area contributed by atoms with Gasteiger partial charge in [0.25, 0.3) is 0 Å². The number of hydrogen-bond acceptors (Lipinski definition) is 2. The second kappa shape index (κ2) is 4.96. The van der Waals surface area contributed by atoms with E-state index in [1.54, 1.807) is 12.1 Å². The Labute approximate surface area is 100 Å². The minimum Gasteiger partial charge on any atom is -0.508 e. The van der Waals surface area contributed by atoms with Crippen LogP contribution in [0.1, 0.15) is 18.0 Å². The van der Waals surface area contributed by atoms with Gasteiger partial charge in [0.1, 0.15) is 5.75 Å². The van der Waals surface area contributed by atoms with E-state index in [4.69, 9.17) is 5.73 Å². The zero-order valence-corrected chi connectivity index (χ0v) is 10.7. The highest BCUT2D eigenvalue weighted by Crippen LogP contribution is 2.35. The van der Waals surface area contributed by atoms with Crippen molar-refractivity contribution in [1.29, 1.82) is 0 Å². The molecular formula is C10H11Br2NO. The lowest BCUT2D eigenvalue weighted by atomic mass is 10.0. The Kier molecular flexibility index (Phi) is 4.16. The van der Waals surface area contributed by atoms with Gasteiger partial charge in [-0.15, -0.1) is 6.58 Å². The Morgan fingerprint density at radius 1 is 1.50 bits per heavy atom. The molecule has 1 aromatic carbocycles. The van der Waals surface area contributed by atoms with Gasteiger partial charge in [0.2, 0.25) is 0 Å². The summed E-state index contributed by atoms with van der Waals surface area (Å²) in [6, 6.07) is 3.26. The number of halogens is 2. The summed E-state index contributed by atoms with van der Waals surface area (Å²) in [5, 5.41) is 9.69. The maximum absolute atomic E-state index is 9.69. The molecule has 0 amide bonds. The van der Waals surface area contributed by atoms with Crippen LogP contribution in [-0.2, 0) is 0 Å². The number of rotatable bonds is 3. The van der Waals surface area contributed by atoms with Crippen LogP contribution in [-0.4, -0.2) is 5.11 Å². The van der Waals surface area contributed by atoms with Gasteiger partial charge in [0, 0.05) is 20.6 Å². The number of aromatic hydroxyl groups is 1. The lowest BCUT2D eigenvalue weighted by Gasteiger charge is -2.14. The molecule has 4 heteroatoms. The van der Waals surface area contributed by atoms with Crippen LogP contribution in [0.25, 0.3) is 0 Å². The van der Waals surface area contributed by atoms with Crippen LogP contribution in [0.2, 0.25) is 0 Å². The Hall–Kier alpha value is -0.320. The maximum Gasteiger partial charge on any atom is 0.122 e. The molecule has 3 N–H and O–H groups in total. The van der Waals surface area contributed by atoms with Crippen LogP contribution in [0.15, 0.2) is 33.7 Å². The zero-order chi connectivity index (χ0) is 10.7. The zero-order valence-electron chi connectivity index (χ0n) is 7.50. The number of nitrogens with two attached hydrogens (primary N) is 1. The second-order valence-electron chi connectivity index (χ2n) is 2.95. The topological polar surface area (TPSA) is 46.2 Å². The quantitative estimate of drug-likeness (QED) is 0.837. The van der Waals surface area contributed by atoms with Crippen molar-refractivity contribution in [3.8, 4) is 5.75 Å². The first-order valence-corrected chi connectivity index (χ1v) is 5.69. The summed E-state index contributed by atoms with van der Waals surface area (Å²) in [7, 11) is 0. The van der Waals surface area contributed by atoms with E-state index in [2.05, 4.69) is 38.4 Å². The van der Waals surface area contributed by atoms with E-state index in [1.165, 1.54) is 0 Å². The third-order valence-corrected chi connectivity index (χ3v) is 2.98. The molecule has 2 nitrogen and oxygen atoms in total. The van der Waals surface area contributed by atoms with Gasteiger partial charge in [-0.05, 0) is 18.6 Å². The fraction of sp³-hybridized carbons (Fsp3) is 0.200. The number of benzene rings is 1. The highest BCUT2D eigenvalue weighted by Gasteiger charge is 2.14. The summed E-state index contributed by atoms with van der Waals surface area (Å²) in [5.41, 5.74) is 6.60. The van der Waals surface area contributed by atoms with Gasteiger partial charge in [-0.1, -0.05) is 37.9 Å². The number of phenols is 1. The van der Waals surface area contributed by atoms with Crippen LogP contribution < -0.4 is 5.73 Å². The van der Waals surface area contributed by atoms with E-state index in [1.807, 2.05) is 6.07 Å². The maximum atomic E-state index is 9.69. The monoisotopic (exact) mass is 319 g/mol. The fourth-order valence-corrected chi connectivity index (χ4v) is 2.73. The molecule has 14 heavy (non-hydrogen) atoms. The molecule has 0 saturated carbocycles. The molecule has 1 rings (SSSR count). The van der Waals surface area contributed by atoms with E-state index in [-0.39, 0.29) is 11.8 Å². The number of phenolic OH excluding ortho intramolecular Hbond substituents is 1. The van der Waals surface area contributed by atoms with Crippen LogP contribution >= 0.6 is 31.9 Å². The molecule has 0 heterocycles. The van der Waals surface area contributed by atoms with Crippen LogP contribution in [0, 0.1) is 0 Å². The largest absolute Gasteiger partial charge is 0.508 e. The van der Waals surface area contributed by atoms with E-state index >= 15 is 0 Å². The predicted octanol–water partition coefficient (Wildman–Crippen LogP) is 3.49. The van der Waals surface area contributed by atoms with E-state index < -0.39 is 0 Å². The summed E-state index contributed by atoms with van der Waals surface area (Å²) in [5.74, 6) is 0.195. The lowest BCUT2D eigenvalue weighted by Crippen LogP contribution is -2.10. The smallest absolute Gasteiger partial charge is 0.122 e. The number of hydrogen-bond donors (Lipinski definition) is 2. The summed E-state index contributed by atoms with van der Waals surface area (Å²) in [6.07, 6.45) is 2.37. The van der Waals surface area contributed by atoms with Gasteiger partial charge < -0.3 is 10.8 Å². The van der Waals surface area contributed by atoms with Crippen LogP contribution in [0.3, 0.4) is 0 Å². The first-order chi connectivity index (χ1) is 6.56. The first-order valence-electron chi connectivity index (χ1n) is 4.10. The molecule has 0 aliphatic carbocycles. The molecule has 0 aromatic heterocycles. The normalized spacial score (nSPS) is 12.5. The highest BCUT2D eigenvalue weighted by molar-refractivity contribution is 9.11. The van der Waals surface area contributed by atoms with Crippen molar-refractivity contribution in [2.24, 2.45) is 5.73 Å². The average molecular weight is 321 g/mol. The van der Waals surface area contributed by atoms with Crippen molar-refractivity contribution >= 4 is 31.9 Å². The van der Waals surface area contributed by atoms with Crippen molar-refractivity contribution in [3.63, 3.8) is 0 Å². The molecule has 0 aliphatic heterocycles. The lowest BCUT2D eigenvalue weighted by molar-refractivity contribution is 0.460. The first kappa shape index (κ1) is 11.8. The SMILES string of the molecule is C=CC[C@@H](N)c1c(O)cc(Br)cc1Br. The van der Waals surface area contributed by atoms with Crippen LogP contribution in [0.5, 0.6) is 5.75 Å². The molecule has 76 valence electrons. The van der Waals surface area contributed by atoms with Crippen molar-refractivity contribution in [3.05, 3.63) is 39.3 Å². The van der Waals surface area contributed by atoms with E-state index in [0.717, 1.165) is 8.95 Å². The summed E-state index contributed by atoms with van der Waals surface area (Å²) in [4.78, 5) is 0. The minimum atomic E-state index is -0.227. The van der Waals surface area contributed by atoms with E-state index in [9.17, 15) is 5.11 Å². The average Bonchev–Trinajstić information content (AvgIpc) is 2.01. The van der Waals surface area contributed by atoms with Crippen molar-refractivity contribution in [2.75, 3.05) is 0 Å².